The average Bonchev–Trinajstić information content (AvgIpc) is 2.64. The minimum absolute atomic E-state index is 0.263. The van der Waals surface area contributed by atoms with E-state index in [1.807, 2.05) is 49.4 Å². The van der Waals surface area contributed by atoms with Gasteiger partial charge in [-0.25, -0.2) is 4.83 Å². The fourth-order valence-corrected chi connectivity index (χ4v) is 3.86. The van der Waals surface area contributed by atoms with Crippen molar-refractivity contribution in [1.82, 2.24) is 4.83 Å². The minimum Gasteiger partial charge on any atom is -0.200 e. The number of unbranched alkanes of at least 4 members (excludes halogenated alkanes) is 2. The fourth-order valence-electron chi connectivity index (χ4n) is 2.74. The SMILES string of the molecule is CCCCCC(C=NNS(=O)(=O)c1cc(C)ccc1C)=Cc1ccccc1. The molecule has 0 saturated heterocycles. The lowest BCUT2D eigenvalue weighted by atomic mass is 10.1. The molecule has 0 unspecified atom stereocenters. The second-order valence-corrected chi connectivity index (χ2v) is 8.34. The van der Waals surface area contributed by atoms with Crippen LogP contribution in [0.3, 0.4) is 0 Å². The molecule has 0 spiro atoms. The largest absolute Gasteiger partial charge is 0.276 e. The Morgan fingerprint density at radius 3 is 2.52 bits per heavy atom. The van der Waals surface area contributed by atoms with Crippen LogP contribution in [0.25, 0.3) is 6.08 Å². The summed E-state index contributed by atoms with van der Waals surface area (Å²) in [6, 6.07) is 15.3. The van der Waals surface area contributed by atoms with Crippen molar-refractivity contribution >= 4 is 22.3 Å². The molecule has 0 radical (unpaired) electrons. The number of sulfonamides is 1. The Morgan fingerprint density at radius 2 is 1.81 bits per heavy atom. The van der Waals surface area contributed by atoms with E-state index in [0.717, 1.165) is 42.4 Å². The molecule has 0 saturated carbocycles. The maximum atomic E-state index is 12.6. The number of aryl methyl sites for hydroxylation is 2. The van der Waals surface area contributed by atoms with Crippen LogP contribution in [-0.2, 0) is 10.0 Å². The molecule has 2 rings (SSSR count). The summed E-state index contributed by atoms with van der Waals surface area (Å²) in [5, 5.41) is 4.03. The molecule has 0 aliphatic heterocycles. The first-order valence-corrected chi connectivity index (χ1v) is 10.8. The van der Waals surface area contributed by atoms with Gasteiger partial charge < -0.3 is 0 Å². The van der Waals surface area contributed by atoms with Gasteiger partial charge in [0.05, 0.1) is 11.1 Å². The van der Waals surface area contributed by atoms with E-state index in [1.165, 1.54) is 0 Å². The molecular weight excluding hydrogens is 356 g/mol. The van der Waals surface area contributed by atoms with Crippen molar-refractivity contribution < 1.29 is 8.42 Å². The lowest BCUT2D eigenvalue weighted by Gasteiger charge is -2.08. The van der Waals surface area contributed by atoms with Gasteiger partial charge in [-0.05, 0) is 55.0 Å². The summed E-state index contributed by atoms with van der Waals surface area (Å²) in [5.74, 6) is 0. The van der Waals surface area contributed by atoms with E-state index >= 15 is 0 Å². The number of nitrogens with zero attached hydrogens (tertiary/aromatic N) is 1. The normalized spacial score (nSPS) is 12.5. The second kappa shape index (κ2) is 10.1. The molecule has 1 N–H and O–H groups in total. The van der Waals surface area contributed by atoms with Crippen molar-refractivity contribution in [2.45, 2.75) is 51.3 Å². The van der Waals surface area contributed by atoms with Crippen molar-refractivity contribution in [2.24, 2.45) is 5.10 Å². The highest BCUT2D eigenvalue weighted by molar-refractivity contribution is 7.89. The van der Waals surface area contributed by atoms with Crippen LogP contribution in [0.4, 0.5) is 0 Å². The van der Waals surface area contributed by atoms with Gasteiger partial charge in [0.25, 0.3) is 10.0 Å². The van der Waals surface area contributed by atoms with Crippen molar-refractivity contribution in [1.29, 1.82) is 0 Å². The van der Waals surface area contributed by atoms with Crippen molar-refractivity contribution in [3.8, 4) is 0 Å². The molecule has 5 heteroatoms. The smallest absolute Gasteiger partial charge is 0.200 e. The first-order chi connectivity index (χ1) is 12.9. The predicted molar refractivity (Wildman–Crippen MR) is 113 cm³/mol. The summed E-state index contributed by atoms with van der Waals surface area (Å²) in [6.45, 7) is 5.81. The average molecular weight is 385 g/mol. The van der Waals surface area contributed by atoms with Crippen LogP contribution < -0.4 is 4.83 Å². The molecule has 0 amide bonds. The molecule has 2 aromatic carbocycles. The highest BCUT2D eigenvalue weighted by Gasteiger charge is 2.15. The lowest BCUT2D eigenvalue weighted by molar-refractivity contribution is 0.584. The van der Waals surface area contributed by atoms with Crippen LogP contribution in [0.2, 0.25) is 0 Å². The van der Waals surface area contributed by atoms with Gasteiger partial charge in [-0.2, -0.15) is 13.5 Å². The molecule has 0 aliphatic rings. The molecule has 144 valence electrons. The number of benzene rings is 2. The van der Waals surface area contributed by atoms with Crippen molar-refractivity contribution in [3.63, 3.8) is 0 Å². The minimum atomic E-state index is -3.68. The Labute approximate surface area is 163 Å². The van der Waals surface area contributed by atoms with Crippen LogP contribution in [-0.4, -0.2) is 14.6 Å². The number of rotatable bonds is 9. The zero-order chi connectivity index (χ0) is 19.7. The molecule has 27 heavy (non-hydrogen) atoms. The summed E-state index contributed by atoms with van der Waals surface area (Å²) < 4.78 is 25.1. The lowest BCUT2D eigenvalue weighted by Crippen LogP contribution is -2.19. The summed E-state index contributed by atoms with van der Waals surface area (Å²) >= 11 is 0. The zero-order valence-electron chi connectivity index (χ0n) is 16.3. The van der Waals surface area contributed by atoms with Gasteiger partial charge in [0.1, 0.15) is 0 Å². The molecule has 0 bridgehead atoms. The molecule has 0 fully saturated rings. The molecule has 0 aliphatic carbocycles. The number of allylic oxidation sites excluding steroid dienone is 1. The van der Waals surface area contributed by atoms with Crippen LogP contribution in [0.1, 0.15) is 49.3 Å². The molecule has 0 heterocycles. The maximum Gasteiger partial charge on any atom is 0.276 e. The Hall–Kier alpha value is -2.40. The molecule has 2 aromatic rings. The van der Waals surface area contributed by atoms with Crippen molar-refractivity contribution in [3.05, 3.63) is 70.8 Å². The quantitative estimate of drug-likeness (QED) is 0.365. The summed E-state index contributed by atoms with van der Waals surface area (Å²) in [7, 11) is -3.68. The third kappa shape index (κ3) is 6.68. The van der Waals surface area contributed by atoms with Gasteiger partial charge in [-0.15, -0.1) is 0 Å². The van der Waals surface area contributed by atoms with Gasteiger partial charge in [0.15, 0.2) is 0 Å². The summed E-state index contributed by atoms with van der Waals surface area (Å²) in [4.78, 5) is 2.61. The van der Waals surface area contributed by atoms with Gasteiger partial charge in [-0.1, -0.05) is 68.3 Å². The monoisotopic (exact) mass is 384 g/mol. The Balaban J connectivity index is 2.17. The Morgan fingerprint density at radius 1 is 1.07 bits per heavy atom. The standard InChI is InChI=1S/C22H28N2O2S/c1-4-5-7-12-21(16-20-10-8-6-9-11-20)17-23-24-27(25,26)22-15-18(2)13-14-19(22)3/h6,8-11,13-17,24H,4-5,7,12H2,1-3H3. The summed E-state index contributed by atoms with van der Waals surface area (Å²) in [5.41, 5.74) is 3.67. The maximum absolute atomic E-state index is 12.6. The molecule has 0 aromatic heterocycles. The van der Waals surface area contributed by atoms with E-state index < -0.39 is 10.0 Å². The van der Waals surface area contributed by atoms with E-state index in [-0.39, 0.29) is 4.90 Å². The van der Waals surface area contributed by atoms with E-state index in [9.17, 15) is 8.42 Å². The Bertz CT molecular complexity index is 901. The van der Waals surface area contributed by atoms with Gasteiger partial charge in [-0.3, -0.25) is 0 Å². The predicted octanol–water partition coefficient (Wildman–Crippen LogP) is 5.23. The number of hydrogen-bond acceptors (Lipinski definition) is 3. The van der Waals surface area contributed by atoms with E-state index in [2.05, 4.69) is 16.9 Å². The number of nitrogens with one attached hydrogen (secondary N) is 1. The first-order valence-electron chi connectivity index (χ1n) is 9.30. The van der Waals surface area contributed by atoms with Crippen molar-refractivity contribution in [2.75, 3.05) is 0 Å². The highest BCUT2D eigenvalue weighted by atomic mass is 32.2. The Kier molecular flexibility index (Phi) is 7.80. The van der Waals surface area contributed by atoms with Crippen LogP contribution >= 0.6 is 0 Å². The van der Waals surface area contributed by atoms with Gasteiger partial charge >= 0.3 is 0 Å². The second-order valence-electron chi connectivity index (χ2n) is 6.71. The number of hydrazone groups is 1. The molecular formula is C22H28N2O2S. The van der Waals surface area contributed by atoms with E-state index in [4.69, 9.17) is 0 Å². The van der Waals surface area contributed by atoms with Crippen LogP contribution in [0, 0.1) is 13.8 Å². The topological polar surface area (TPSA) is 58.5 Å². The number of hydrogen-bond donors (Lipinski definition) is 1. The third-order valence-electron chi connectivity index (χ3n) is 4.26. The first kappa shape index (κ1) is 20.9. The van der Waals surface area contributed by atoms with E-state index in [1.54, 1.807) is 25.3 Å². The van der Waals surface area contributed by atoms with Crippen LogP contribution in [0.5, 0.6) is 0 Å². The third-order valence-corrected chi connectivity index (χ3v) is 5.62. The highest BCUT2D eigenvalue weighted by Crippen LogP contribution is 2.17. The van der Waals surface area contributed by atoms with Crippen LogP contribution in [0.15, 0.2) is 64.1 Å². The van der Waals surface area contributed by atoms with Gasteiger partial charge in [0, 0.05) is 0 Å². The molecule has 4 nitrogen and oxygen atoms in total. The summed E-state index contributed by atoms with van der Waals surface area (Å²) in [6.07, 6.45) is 7.84. The molecule has 0 atom stereocenters. The van der Waals surface area contributed by atoms with Gasteiger partial charge in [0.2, 0.25) is 0 Å². The van der Waals surface area contributed by atoms with E-state index in [0.29, 0.717) is 5.56 Å². The fraction of sp³-hybridized carbons (Fsp3) is 0.318. The zero-order valence-corrected chi connectivity index (χ0v) is 17.1.